The summed E-state index contributed by atoms with van der Waals surface area (Å²) >= 11 is 0. The first kappa shape index (κ1) is 22.4. The summed E-state index contributed by atoms with van der Waals surface area (Å²) in [4.78, 5) is 6.78. The predicted octanol–water partition coefficient (Wildman–Crippen LogP) is 3.30. The van der Waals surface area contributed by atoms with Crippen LogP contribution in [0.2, 0.25) is 0 Å². The highest BCUT2D eigenvalue weighted by Gasteiger charge is 2.16. The van der Waals surface area contributed by atoms with Gasteiger partial charge in [0.05, 0.1) is 13.2 Å². The van der Waals surface area contributed by atoms with E-state index < -0.39 is 0 Å². The number of aromatic nitrogens is 2. The summed E-state index contributed by atoms with van der Waals surface area (Å²) in [6.45, 7) is 12.8. The van der Waals surface area contributed by atoms with Crippen LogP contribution in [0.1, 0.15) is 50.1 Å². The van der Waals surface area contributed by atoms with Crippen molar-refractivity contribution in [2.24, 2.45) is 0 Å². The minimum absolute atomic E-state index is 0.0107. The molecule has 0 aliphatic heterocycles. The van der Waals surface area contributed by atoms with Crippen molar-refractivity contribution in [1.29, 1.82) is 0 Å². The first-order valence-corrected chi connectivity index (χ1v) is 9.66. The van der Waals surface area contributed by atoms with Gasteiger partial charge < -0.3 is 19.7 Å². The average molecular weight is 362 g/mol. The molecule has 2 N–H and O–H groups in total. The Hall–Kier alpha value is -1.69. The van der Waals surface area contributed by atoms with Gasteiger partial charge in [0.15, 0.2) is 0 Å². The molecule has 2 aromatic rings. The van der Waals surface area contributed by atoms with Crippen molar-refractivity contribution >= 4 is 0 Å². The Kier molecular flexibility index (Phi) is 10.2. The molecule has 0 fully saturated rings. The van der Waals surface area contributed by atoms with Gasteiger partial charge >= 0.3 is 0 Å². The monoisotopic (exact) mass is 361 g/mol. The molecule has 0 saturated heterocycles. The van der Waals surface area contributed by atoms with Crippen LogP contribution >= 0.6 is 0 Å². The lowest BCUT2D eigenvalue weighted by Gasteiger charge is -2.25. The molecule has 2 heterocycles. The van der Waals surface area contributed by atoms with E-state index in [1.807, 2.05) is 32.2 Å². The summed E-state index contributed by atoms with van der Waals surface area (Å²) in [6.07, 6.45) is 2.89. The molecule has 0 aromatic carbocycles. The lowest BCUT2D eigenvalue weighted by Crippen LogP contribution is -2.33. The van der Waals surface area contributed by atoms with E-state index in [0.717, 1.165) is 42.3 Å². The van der Waals surface area contributed by atoms with Gasteiger partial charge in [0.25, 0.3) is 0 Å². The van der Waals surface area contributed by atoms with Crippen LogP contribution < -0.4 is 0 Å². The minimum atomic E-state index is 0.0107. The van der Waals surface area contributed by atoms with Crippen molar-refractivity contribution in [3.8, 4) is 5.82 Å². The van der Waals surface area contributed by atoms with Crippen LogP contribution in [-0.2, 0) is 0 Å². The second kappa shape index (κ2) is 11.8. The first-order chi connectivity index (χ1) is 12.6. The maximum absolute atomic E-state index is 9.78. The molecule has 5 heteroatoms. The number of aliphatic hydroxyl groups excluding tert-OH is 2. The standard InChI is InChI=1S/C19H29N3O2.C2H6/c1-4-9-21(10-11-23)13-18(14-24)17-7-8-19(20-12-17)22-15(2)5-6-16(22)3;1-2/h5-8,12,18,23-24H,4,9-11,13-14H2,1-3H3;1-2H3. The van der Waals surface area contributed by atoms with Gasteiger partial charge in [-0.05, 0) is 50.6 Å². The van der Waals surface area contributed by atoms with Crippen LogP contribution in [0.25, 0.3) is 5.82 Å². The van der Waals surface area contributed by atoms with E-state index in [-0.39, 0.29) is 19.1 Å². The van der Waals surface area contributed by atoms with Crippen molar-refractivity contribution < 1.29 is 10.2 Å². The lowest BCUT2D eigenvalue weighted by molar-refractivity contribution is 0.166. The molecule has 0 spiro atoms. The van der Waals surface area contributed by atoms with Gasteiger partial charge in [0.1, 0.15) is 5.82 Å². The van der Waals surface area contributed by atoms with Crippen molar-refractivity contribution in [3.05, 3.63) is 47.4 Å². The van der Waals surface area contributed by atoms with E-state index in [0.29, 0.717) is 6.54 Å². The molecule has 1 atom stereocenters. The maximum atomic E-state index is 9.78. The van der Waals surface area contributed by atoms with Crippen LogP contribution in [0.15, 0.2) is 30.5 Å². The Morgan fingerprint density at radius 3 is 2.15 bits per heavy atom. The minimum Gasteiger partial charge on any atom is -0.396 e. The molecular weight excluding hydrogens is 326 g/mol. The lowest BCUT2D eigenvalue weighted by atomic mass is 10.0. The average Bonchev–Trinajstić information content (AvgIpc) is 3.00. The molecule has 0 bridgehead atoms. The molecular formula is C21H35N3O2. The second-order valence-electron chi connectivity index (χ2n) is 6.30. The molecule has 0 aliphatic carbocycles. The van der Waals surface area contributed by atoms with Crippen LogP contribution in [0, 0.1) is 13.8 Å². The van der Waals surface area contributed by atoms with Crippen LogP contribution in [-0.4, -0.2) is 57.5 Å². The zero-order chi connectivity index (χ0) is 19.5. The molecule has 2 aromatic heterocycles. The van der Waals surface area contributed by atoms with Gasteiger partial charge in [-0.2, -0.15) is 0 Å². The van der Waals surface area contributed by atoms with Gasteiger partial charge in [-0.1, -0.05) is 26.8 Å². The molecule has 26 heavy (non-hydrogen) atoms. The zero-order valence-electron chi connectivity index (χ0n) is 16.9. The summed E-state index contributed by atoms with van der Waals surface area (Å²) in [5, 5.41) is 19.0. The highest BCUT2D eigenvalue weighted by atomic mass is 16.3. The molecule has 0 aliphatic rings. The van der Waals surface area contributed by atoms with Crippen molar-refractivity contribution in [2.45, 2.75) is 47.0 Å². The summed E-state index contributed by atoms with van der Waals surface area (Å²) in [7, 11) is 0. The fraction of sp³-hybridized carbons (Fsp3) is 0.571. The fourth-order valence-corrected chi connectivity index (χ4v) is 3.13. The van der Waals surface area contributed by atoms with Crippen LogP contribution in [0.4, 0.5) is 0 Å². The topological polar surface area (TPSA) is 61.5 Å². The summed E-state index contributed by atoms with van der Waals surface area (Å²) in [5.41, 5.74) is 3.34. The number of hydrogen-bond acceptors (Lipinski definition) is 4. The van der Waals surface area contributed by atoms with Gasteiger partial charge in [-0.3, -0.25) is 0 Å². The Labute approximate surface area is 158 Å². The largest absolute Gasteiger partial charge is 0.396 e. The molecule has 0 radical (unpaired) electrons. The van der Waals surface area contributed by atoms with Crippen LogP contribution in [0.5, 0.6) is 0 Å². The van der Waals surface area contributed by atoms with Crippen molar-refractivity contribution in [3.63, 3.8) is 0 Å². The van der Waals surface area contributed by atoms with Crippen molar-refractivity contribution in [1.82, 2.24) is 14.5 Å². The Morgan fingerprint density at radius 2 is 1.69 bits per heavy atom. The van der Waals surface area contributed by atoms with Crippen LogP contribution in [0.3, 0.4) is 0 Å². The predicted molar refractivity (Wildman–Crippen MR) is 108 cm³/mol. The Bertz CT molecular complexity index is 597. The summed E-state index contributed by atoms with van der Waals surface area (Å²) < 4.78 is 2.12. The number of rotatable bonds is 9. The number of aliphatic hydroxyl groups is 2. The summed E-state index contributed by atoms with van der Waals surface area (Å²) in [5.74, 6) is 0.910. The first-order valence-electron chi connectivity index (χ1n) is 9.66. The van der Waals surface area contributed by atoms with Crippen molar-refractivity contribution in [2.75, 3.05) is 32.8 Å². The summed E-state index contributed by atoms with van der Waals surface area (Å²) in [6, 6.07) is 8.22. The third kappa shape index (κ3) is 5.94. The molecule has 5 nitrogen and oxygen atoms in total. The van der Waals surface area contributed by atoms with E-state index in [9.17, 15) is 10.2 Å². The quantitative estimate of drug-likeness (QED) is 0.719. The normalized spacial score (nSPS) is 12.0. The molecule has 146 valence electrons. The Morgan fingerprint density at radius 1 is 1.04 bits per heavy atom. The van der Waals surface area contributed by atoms with E-state index in [4.69, 9.17) is 0 Å². The van der Waals surface area contributed by atoms with E-state index >= 15 is 0 Å². The smallest absolute Gasteiger partial charge is 0.136 e. The van der Waals surface area contributed by atoms with Gasteiger partial charge in [-0.25, -0.2) is 4.98 Å². The number of hydrogen-bond donors (Lipinski definition) is 2. The third-order valence-corrected chi connectivity index (χ3v) is 4.40. The van der Waals surface area contributed by atoms with Gasteiger partial charge in [0, 0.05) is 36.6 Å². The molecule has 2 rings (SSSR count). The molecule has 1 unspecified atom stereocenters. The number of aryl methyl sites for hydroxylation is 2. The molecule has 0 saturated carbocycles. The highest BCUT2D eigenvalue weighted by molar-refractivity contribution is 5.33. The van der Waals surface area contributed by atoms with Gasteiger partial charge in [0.2, 0.25) is 0 Å². The highest BCUT2D eigenvalue weighted by Crippen LogP contribution is 2.19. The molecule has 0 amide bonds. The number of nitrogens with zero attached hydrogens (tertiary/aromatic N) is 3. The zero-order valence-corrected chi connectivity index (χ0v) is 16.9. The fourth-order valence-electron chi connectivity index (χ4n) is 3.13. The SMILES string of the molecule is CC.CCCN(CCO)CC(CO)c1ccc(-n2c(C)ccc2C)nc1. The maximum Gasteiger partial charge on any atom is 0.136 e. The van der Waals surface area contributed by atoms with E-state index in [1.54, 1.807) is 0 Å². The number of pyridine rings is 1. The van der Waals surface area contributed by atoms with E-state index in [2.05, 4.69) is 47.4 Å². The van der Waals surface area contributed by atoms with Gasteiger partial charge in [-0.15, -0.1) is 0 Å². The van der Waals surface area contributed by atoms with E-state index in [1.165, 1.54) is 0 Å². The second-order valence-corrected chi connectivity index (χ2v) is 6.30. The third-order valence-electron chi connectivity index (χ3n) is 4.40. The Balaban J connectivity index is 0.00000163.